The summed E-state index contributed by atoms with van der Waals surface area (Å²) in [5, 5.41) is 15.0. The topological polar surface area (TPSA) is 105 Å². The number of fused-ring (bicyclic) bond motifs is 3. The van der Waals surface area contributed by atoms with Crippen LogP contribution in [0.15, 0.2) is 60.7 Å². The van der Waals surface area contributed by atoms with Gasteiger partial charge >= 0.3 is 12.1 Å². The number of amides is 2. The van der Waals surface area contributed by atoms with E-state index < -0.39 is 23.5 Å². The molecule has 0 radical (unpaired) electrons. The monoisotopic (exact) mass is 476 g/mol. The second-order valence-electron chi connectivity index (χ2n) is 9.34. The van der Waals surface area contributed by atoms with Crippen molar-refractivity contribution in [3.63, 3.8) is 0 Å². The van der Waals surface area contributed by atoms with E-state index in [0.29, 0.717) is 18.8 Å². The van der Waals surface area contributed by atoms with Crippen LogP contribution in [0.1, 0.15) is 56.1 Å². The van der Waals surface area contributed by atoms with Crippen LogP contribution in [0.4, 0.5) is 4.79 Å². The fourth-order valence-corrected chi connectivity index (χ4v) is 5.21. The van der Waals surface area contributed by atoms with Crippen LogP contribution in [0.25, 0.3) is 11.1 Å². The molecule has 35 heavy (non-hydrogen) atoms. The van der Waals surface area contributed by atoms with Crippen LogP contribution in [-0.4, -0.2) is 41.8 Å². The molecule has 7 nitrogen and oxygen atoms in total. The average molecular weight is 477 g/mol. The highest BCUT2D eigenvalue weighted by atomic mass is 16.5. The smallest absolute Gasteiger partial charge is 0.407 e. The van der Waals surface area contributed by atoms with Crippen molar-refractivity contribution in [2.24, 2.45) is 5.92 Å². The summed E-state index contributed by atoms with van der Waals surface area (Å²) in [6.07, 6.45) is 5.63. The predicted molar refractivity (Wildman–Crippen MR) is 133 cm³/mol. The van der Waals surface area contributed by atoms with E-state index in [1.165, 1.54) is 12.2 Å². The quantitative estimate of drug-likeness (QED) is 0.482. The second kappa shape index (κ2) is 10.8. The largest absolute Gasteiger partial charge is 0.480 e. The Labute approximate surface area is 205 Å². The molecule has 2 aliphatic rings. The van der Waals surface area contributed by atoms with Gasteiger partial charge in [-0.15, -0.1) is 0 Å². The van der Waals surface area contributed by atoms with Gasteiger partial charge in [0, 0.05) is 18.5 Å². The molecule has 2 aliphatic carbocycles. The van der Waals surface area contributed by atoms with Crippen molar-refractivity contribution in [1.82, 2.24) is 10.6 Å². The van der Waals surface area contributed by atoms with Gasteiger partial charge < -0.3 is 20.5 Å². The summed E-state index contributed by atoms with van der Waals surface area (Å²) in [4.78, 5) is 36.4. The molecule has 1 saturated carbocycles. The zero-order valence-corrected chi connectivity index (χ0v) is 20.0. The van der Waals surface area contributed by atoms with Gasteiger partial charge in [0.25, 0.3) is 0 Å². The molecular formula is C28H32N2O5. The van der Waals surface area contributed by atoms with Crippen molar-refractivity contribution in [3.8, 4) is 11.1 Å². The number of rotatable bonds is 8. The van der Waals surface area contributed by atoms with Crippen LogP contribution in [0, 0.1) is 5.92 Å². The van der Waals surface area contributed by atoms with E-state index in [1.807, 2.05) is 24.3 Å². The average Bonchev–Trinajstić information content (AvgIpc) is 3.19. The fourth-order valence-electron chi connectivity index (χ4n) is 5.21. The molecule has 7 heteroatoms. The van der Waals surface area contributed by atoms with Crippen molar-refractivity contribution < 1.29 is 24.2 Å². The van der Waals surface area contributed by atoms with Gasteiger partial charge in [-0.2, -0.15) is 0 Å². The lowest BCUT2D eigenvalue weighted by molar-refractivity contribution is -0.149. The van der Waals surface area contributed by atoms with Gasteiger partial charge in [-0.1, -0.05) is 68.0 Å². The number of alkyl carbamates (subject to hydrolysis) is 1. The van der Waals surface area contributed by atoms with Gasteiger partial charge in [0.2, 0.25) is 5.91 Å². The van der Waals surface area contributed by atoms with E-state index >= 15 is 0 Å². The first kappa shape index (κ1) is 24.5. The Morgan fingerprint density at radius 1 is 1.03 bits per heavy atom. The third-order valence-corrected chi connectivity index (χ3v) is 7.29. The highest BCUT2D eigenvalue weighted by Crippen LogP contribution is 2.44. The van der Waals surface area contributed by atoms with Gasteiger partial charge in [-0.05, 0) is 53.9 Å². The first-order valence-electron chi connectivity index (χ1n) is 12.2. The summed E-state index contributed by atoms with van der Waals surface area (Å²) >= 11 is 0. The third kappa shape index (κ3) is 5.39. The predicted octanol–water partition coefficient (Wildman–Crippen LogP) is 4.62. The number of carbonyl (C=O) groups is 3. The van der Waals surface area contributed by atoms with Crippen LogP contribution in [-0.2, 0) is 14.3 Å². The Kier molecular flexibility index (Phi) is 7.54. The molecule has 0 unspecified atom stereocenters. The summed E-state index contributed by atoms with van der Waals surface area (Å²) < 4.78 is 5.47. The lowest BCUT2D eigenvalue weighted by atomic mass is 9.75. The highest BCUT2D eigenvalue weighted by molar-refractivity contribution is 5.93. The second-order valence-corrected chi connectivity index (χ2v) is 9.34. The maximum Gasteiger partial charge on any atom is 0.407 e. The molecule has 3 N–H and O–H groups in total. The molecule has 0 atom stereocenters. The maximum absolute atomic E-state index is 12.3. The van der Waals surface area contributed by atoms with Gasteiger partial charge in [-0.3, -0.25) is 4.79 Å². The molecule has 0 aliphatic heterocycles. The Hall–Kier alpha value is -3.61. The molecule has 184 valence electrons. The van der Waals surface area contributed by atoms with Gasteiger partial charge in [0.1, 0.15) is 12.1 Å². The van der Waals surface area contributed by atoms with E-state index in [0.717, 1.165) is 41.5 Å². The van der Waals surface area contributed by atoms with E-state index in [9.17, 15) is 19.5 Å². The van der Waals surface area contributed by atoms with Gasteiger partial charge in [0.15, 0.2) is 0 Å². The molecule has 0 bridgehead atoms. The Morgan fingerprint density at radius 3 is 2.20 bits per heavy atom. The third-order valence-electron chi connectivity index (χ3n) is 7.29. The maximum atomic E-state index is 12.3. The van der Waals surface area contributed by atoms with Gasteiger partial charge in [0.05, 0.1) is 0 Å². The Balaban J connectivity index is 1.25. The van der Waals surface area contributed by atoms with E-state index in [2.05, 4.69) is 41.8 Å². The molecule has 0 spiro atoms. The fraction of sp³-hybridized carbons (Fsp3) is 0.393. The first-order chi connectivity index (χ1) is 16.9. The summed E-state index contributed by atoms with van der Waals surface area (Å²) in [5.74, 6) is -0.983. The minimum Gasteiger partial charge on any atom is -0.480 e. The molecule has 0 saturated heterocycles. The van der Waals surface area contributed by atoms with Crippen molar-refractivity contribution in [1.29, 1.82) is 0 Å². The number of carboxylic acids is 1. The molecule has 0 heterocycles. The molecule has 2 aromatic rings. The van der Waals surface area contributed by atoms with E-state index in [4.69, 9.17) is 4.74 Å². The van der Waals surface area contributed by atoms with Crippen molar-refractivity contribution in [2.75, 3.05) is 13.2 Å². The molecular weight excluding hydrogens is 444 g/mol. The molecule has 0 aromatic heterocycles. The first-order valence-corrected chi connectivity index (χ1v) is 12.2. The number of hydrogen-bond acceptors (Lipinski definition) is 4. The standard InChI is InChI=1S/C28H32N2O5/c1-2-19-13-15-28(16-14-19,26(32)33)30-25(31)12-7-17-29-27(34)35-18-24-22-10-5-3-8-20(22)21-9-4-6-11-23(21)24/h3-12,19,24H,2,13-18H2,1H3,(H,29,34)(H,30,31)(H,32,33)/b12-7+. The zero-order chi connectivity index (χ0) is 24.8. The minimum absolute atomic E-state index is 0.0236. The van der Waals surface area contributed by atoms with Crippen LogP contribution in [0.5, 0.6) is 0 Å². The van der Waals surface area contributed by atoms with Crippen molar-refractivity contribution in [2.45, 2.75) is 50.5 Å². The van der Waals surface area contributed by atoms with Crippen molar-refractivity contribution in [3.05, 3.63) is 71.8 Å². The lowest BCUT2D eigenvalue weighted by Gasteiger charge is -2.36. The Bertz CT molecular complexity index is 1070. The van der Waals surface area contributed by atoms with Crippen LogP contribution >= 0.6 is 0 Å². The number of carbonyl (C=O) groups excluding carboxylic acids is 2. The number of carboxylic acid groups (broad SMARTS) is 1. The summed E-state index contributed by atoms with van der Waals surface area (Å²) in [7, 11) is 0. The number of benzene rings is 2. The number of aliphatic carboxylic acids is 1. The molecule has 2 amide bonds. The molecule has 4 rings (SSSR count). The van der Waals surface area contributed by atoms with Crippen molar-refractivity contribution >= 4 is 18.0 Å². The lowest BCUT2D eigenvalue weighted by Crippen LogP contribution is -2.56. The molecule has 2 aromatic carbocycles. The number of hydrogen-bond donors (Lipinski definition) is 3. The van der Waals surface area contributed by atoms with E-state index in [1.54, 1.807) is 0 Å². The summed E-state index contributed by atoms with van der Waals surface area (Å²) in [5.41, 5.74) is 3.38. The highest BCUT2D eigenvalue weighted by Gasteiger charge is 2.42. The zero-order valence-electron chi connectivity index (χ0n) is 20.0. The van der Waals surface area contributed by atoms with Crippen LogP contribution in [0.2, 0.25) is 0 Å². The SMILES string of the molecule is CCC1CCC(NC(=O)/C=C/CNC(=O)OCC2c3ccccc3-c3ccccc32)(C(=O)O)CC1. The molecule has 1 fully saturated rings. The normalized spacial score (nSPS) is 21.2. The van der Waals surface area contributed by atoms with Crippen LogP contribution < -0.4 is 10.6 Å². The number of nitrogens with one attached hydrogen (secondary N) is 2. The summed E-state index contributed by atoms with van der Waals surface area (Å²) in [6.45, 7) is 2.41. The minimum atomic E-state index is -1.21. The summed E-state index contributed by atoms with van der Waals surface area (Å²) in [6, 6.07) is 16.2. The Morgan fingerprint density at radius 2 is 1.63 bits per heavy atom. The number of ether oxygens (including phenoxy) is 1. The van der Waals surface area contributed by atoms with E-state index in [-0.39, 0.29) is 19.1 Å². The van der Waals surface area contributed by atoms with Crippen LogP contribution in [0.3, 0.4) is 0 Å². The van der Waals surface area contributed by atoms with Gasteiger partial charge in [-0.25, -0.2) is 9.59 Å².